The average molecular weight is 485 g/mol. The van der Waals surface area contributed by atoms with Crippen LogP contribution in [0.1, 0.15) is 71.2 Å². The summed E-state index contributed by atoms with van der Waals surface area (Å²) in [5.41, 5.74) is 5.26. The Morgan fingerprint density at radius 3 is 1.62 bits per heavy atom. The summed E-state index contributed by atoms with van der Waals surface area (Å²) in [7, 11) is 0. The number of benzene rings is 4. The van der Waals surface area contributed by atoms with Gasteiger partial charge in [-0.2, -0.15) is 0 Å². The lowest BCUT2D eigenvalue weighted by atomic mass is 9.75. The summed E-state index contributed by atoms with van der Waals surface area (Å²) in [6.07, 6.45) is 4.68. The van der Waals surface area contributed by atoms with Gasteiger partial charge in [0.05, 0.1) is 0 Å². The van der Waals surface area contributed by atoms with E-state index in [4.69, 9.17) is 15.4 Å². The molecule has 6 rings (SSSR count). The number of rotatable bonds is 6. The van der Waals surface area contributed by atoms with Crippen molar-refractivity contribution in [3.8, 4) is 0 Å². The average Bonchev–Trinajstić information content (AvgIpc) is 3.46. The molecule has 4 nitrogen and oxygen atoms in total. The zero-order chi connectivity index (χ0) is 25.1. The molecule has 5 aromatic rings. The molecule has 1 aromatic heterocycles. The van der Waals surface area contributed by atoms with Gasteiger partial charge >= 0.3 is 0 Å². The highest BCUT2D eigenvalue weighted by Gasteiger charge is 2.42. The maximum absolute atomic E-state index is 5.22. The third kappa shape index (κ3) is 4.27. The van der Waals surface area contributed by atoms with Crippen molar-refractivity contribution in [2.24, 2.45) is 0 Å². The molecule has 0 spiro atoms. The molecule has 1 fully saturated rings. The van der Waals surface area contributed by atoms with E-state index in [9.17, 15) is 0 Å². The van der Waals surface area contributed by atoms with Gasteiger partial charge in [0.25, 0.3) is 0 Å². The molecule has 184 valence electrons. The summed E-state index contributed by atoms with van der Waals surface area (Å²) >= 11 is 0. The predicted octanol–water partition coefficient (Wildman–Crippen LogP) is 7.26. The third-order valence-corrected chi connectivity index (χ3v) is 7.91. The second-order valence-corrected chi connectivity index (χ2v) is 10.2. The van der Waals surface area contributed by atoms with E-state index in [0.717, 1.165) is 35.4 Å². The van der Waals surface area contributed by atoms with Crippen molar-refractivity contribution in [1.82, 2.24) is 20.2 Å². The first-order valence-electron chi connectivity index (χ1n) is 13.3. The van der Waals surface area contributed by atoms with Gasteiger partial charge < -0.3 is 0 Å². The Kier molecular flexibility index (Phi) is 6.40. The summed E-state index contributed by atoms with van der Waals surface area (Å²) < 4.78 is 0. The van der Waals surface area contributed by atoms with E-state index in [1.54, 1.807) is 0 Å². The van der Waals surface area contributed by atoms with Crippen LogP contribution < -0.4 is 0 Å². The minimum Gasteiger partial charge on any atom is -0.144 e. The summed E-state index contributed by atoms with van der Waals surface area (Å²) in [5.74, 6) is 1.51. The number of nitrogens with zero attached hydrogens (tertiary/aromatic N) is 4. The fraction of sp³-hybridized carbons (Fsp3) is 0.242. The van der Waals surface area contributed by atoms with Crippen LogP contribution in [0.25, 0.3) is 0 Å². The van der Waals surface area contributed by atoms with E-state index in [0.29, 0.717) is 5.92 Å². The Labute approximate surface area is 219 Å². The molecule has 1 saturated carbocycles. The molecule has 0 radical (unpaired) electrons. The van der Waals surface area contributed by atoms with Gasteiger partial charge in [0.15, 0.2) is 11.4 Å². The first kappa shape index (κ1) is 23.4. The molecule has 2 unspecified atom stereocenters. The molecular formula is C33H32N4. The standard InChI is InChI=1S/C33H32N4/c1-25-21-23-26(24-22-25)30-19-11-12-20-31(30)32-34-36-37(35-32)33(27-13-5-2-6-14-27,28-15-7-3-8-16-28)29-17-9-4-10-18-29/h2-10,13-18,21-24,30-31H,11-12,19-20H2,1H3. The van der Waals surface area contributed by atoms with Crippen molar-refractivity contribution in [2.75, 3.05) is 0 Å². The zero-order valence-corrected chi connectivity index (χ0v) is 21.2. The van der Waals surface area contributed by atoms with Crippen LogP contribution in [-0.2, 0) is 5.54 Å². The Bertz CT molecular complexity index is 1330. The van der Waals surface area contributed by atoms with Gasteiger partial charge in [-0.05, 0) is 53.2 Å². The van der Waals surface area contributed by atoms with E-state index in [1.807, 2.05) is 4.80 Å². The fourth-order valence-corrected chi connectivity index (χ4v) is 6.05. The number of hydrogen-bond acceptors (Lipinski definition) is 3. The van der Waals surface area contributed by atoms with Crippen LogP contribution >= 0.6 is 0 Å². The normalized spacial score (nSPS) is 18.0. The third-order valence-electron chi connectivity index (χ3n) is 7.91. The lowest BCUT2D eigenvalue weighted by molar-refractivity contribution is 0.363. The Hall–Kier alpha value is -4.05. The Morgan fingerprint density at radius 1 is 0.622 bits per heavy atom. The van der Waals surface area contributed by atoms with Crippen molar-refractivity contribution < 1.29 is 0 Å². The molecule has 1 aliphatic rings. The van der Waals surface area contributed by atoms with E-state index in [1.165, 1.54) is 24.0 Å². The van der Waals surface area contributed by atoms with Gasteiger partial charge in [-0.15, -0.1) is 15.0 Å². The van der Waals surface area contributed by atoms with E-state index in [2.05, 4.69) is 122 Å². The van der Waals surface area contributed by atoms with E-state index >= 15 is 0 Å². The molecular weight excluding hydrogens is 452 g/mol. The quantitative estimate of drug-likeness (QED) is 0.238. The number of tetrazole rings is 1. The molecule has 4 heteroatoms. The molecule has 0 saturated heterocycles. The van der Waals surface area contributed by atoms with Crippen LogP contribution in [0.2, 0.25) is 0 Å². The summed E-state index contributed by atoms with van der Waals surface area (Å²) in [6, 6.07) is 40.7. The molecule has 1 heterocycles. The number of aryl methyl sites for hydroxylation is 1. The van der Waals surface area contributed by atoms with Crippen molar-refractivity contribution >= 4 is 0 Å². The molecule has 4 aromatic carbocycles. The molecule has 0 bridgehead atoms. The molecule has 0 N–H and O–H groups in total. The molecule has 1 aliphatic carbocycles. The van der Waals surface area contributed by atoms with Gasteiger partial charge in [-0.1, -0.05) is 134 Å². The highest BCUT2D eigenvalue weighted by atomic mass is 15.6. The Balaban J connectivity index is 1.52. The highest BCUT2D eigenvalue weighted by molar-refractivity contribution is 5.49. The SMILES string of the molecule is Cc1ccc(C2CCCCC2c2nnn(C(c3ccccc3)(c3ccccc3)c3ccccc3)n2)cc1. The van der Waals surface area contributed by atoms with Crippen molar-refractivity contribution in [3.63, 3.8) is 0 Å². The van der Waals surface area contributed by atoms with Crippen LogP contribution in [0.3, 0.4) is 0 Å². The van der Waals surface area contributed by atoms with Crippen LogP contribution in [0.15, 0.2) is 115 Å². The van der Waals surface area contributed by atoms with Crippen molar-refractivity contribution in [1.29, 1.82) is 0 Å². The maximum Gasteiger partial charge on any atom is 0.178 e. The van der Waals surface area contributed by atoms with Crippen LogP contribution in [-0.4, -0.2) is 20.2 Å². The first-order valence-corrected chi connectivity index (χ1v) is 13.3. The van der Waals surface area contributed by atoms with Crippen LogP contribution in [0.4, 0.5) is 0 Å². The fourth-order valence-electron chi connectivity index (χ4n) is 6.05. The van der Waals surface area contributed by atoms with E-state index < -0.39 is 5.54 Å². The van der Waals surface area contributed by atoms with E-state index in [-0.39, 0.29) is 5.92 Å². The van der Waals surface area contributed by atoms with Gasteiger partial charge in [0.2, 0.25) is 0 Å². The smallest absolute Gasteiger partial charge is 0.144 e. The molecule has 2 atom stereocenters. The lowest BCUT2D eigenvalue weighted by Gasteiger charge is -2.34. The predicted molar refractivity (Wildman–Crippen MR) is 148 cm³/mol. The van der Waals surface area contributed by atoms with Crippen molar-refractivity contribution in [3.05, 3.63) is 149 Å². The summed E-state index contributed by atoms with van der Waals surface area (Å²) in [4.78, 5) is 1.86. The molecule has 37 heavy (non-hydrogen) atoms. The number of aromatic nitrogens is 4. The topological polar surface area (TPSA) is 43.6 Å². The second-order valence-electron chi connectivity index (χ2n) is 10.2. The minimum atomic E-state index is -0.733. The monoisotopic (exact) mass is 484 g/mol. The van der Waals surface area contributed by atoms with Crippen LogP contribution in [0, 0.1) is 6.92 Å². The lowest BCUT2D eigenvalue weighted by Crippen LogP contribution is -2.39. The summed E-state index contributed by atoms with van der Waals surface area (Å²) in [5, 5.41) is 14.8. The van der Waals surface area contributed by atoms with Gasteiger partial charge in [0, 0.05) is 5.92 Å². The largest absolute Gasteiger partial charge is 0.178 e. The Morgan fingerprint density at radius 2 is 1.11 bits per heavy atom. The van der Waals surface area contributed by atoms with Gasteiger partial charge in [-0.25, -0.2) is 0 Å². The second kappa shape index (κ2) is 10.1. The van der Waals surface area contributed by atoms with Gasteiger partial charge in [0.1, 0.15) is 0 Å². The maximum atomic E-state index is 5.22. The number of hydrogen-bond donors (Lipinski definition) is 0. The molecule has 0 amide bonds. The molecule has 0 aliphatic heterocycles. The first-order chi connectivity index (χ1) is 18.3. The van der Waals surface area contributed by atoms with Crippen LogP contribution in [0.5, 0.6) is 0 Å². The minimum absolute atomic E-state index is 0.255. The van der Waals surface area contributed by atoms with Gasteiger partial charge in [-0.3, -0.25) is 0 Å². The van der Waals surface area contributed by atoms with Crippen molar-refractivity contribution in [2.45, 2.75) is 50.0 Å². The zero-order valence-electron chi connectivity index (χ0n) is 21.2. The summed E-state index contributed by atoms with van der Waals surface area (Å²) in [6.45, 7) is 2.14. The highest BCUT2D eigenvalue weighted by Crippen LogP contribution is 2.44.